The molecule has 3 rings (SSSR count). The molecule has 2 aromatic rings. The molecule has 0 fully saturated rings. The Kier molecular flexibility index (Phi) is 5.08. The molecule has 0 spiro atoms. The van der Waals surface area contributed by atoms with Gasteiger partial charge in [0.15, 0.2) is 0 Å². The highest BCUT2D eigenvalue weighted by Gasteiger charge is 2.22. The number of nitrogens with zero attached hydrogens (tertiary/aromatic N) is 1. The minimum Gasteiger partial charge on any atom is -0.374 e. The van der Waals surface area contributed by atoms with Crippen molar-refractivity contribution in [2.45, 2.75) is 26.3 Å². The monoisotopic (exact) mass is 401 g/mol. The van der Waals surface area contributed by atoms with E-state index in [-0.39, 0.29) is 17.9 Å². The summed E-state index contributed by atoms with van der Waals surface area (Å²) in [5, 5.41) is 6.12. The Morgan fingerprint density at radius 3 is 2.68 bits per heavy atom. The minimum atomic E-state index is -0.387. The van der Waals surface area contributed by atoms with Gasteiger partial charge in [0.2, 0.25) is 11.8 Å². The van der Waals surface area contributed by atoms with E-state index in [0.717, 1.165) is 33.5 Å². The molecule has 1 unspecified atom stereocenters. The van der Waals surface area contributed by atoms with Crippen molar-refractivity contribution in [2.75, 3.05) is 22.1 Å². The molecule has 1 heterocycles. The first-order valence-electron chi connectivity index (χ1n) is 8.18. The molecule has 0 saturated heterocycles. The second kappa shape index (κ2) is 7.27. The van der Waals surface area contributed by atoms with E-state index in [1.54, 1.807) is 11.8 Å². The van der Waals surface area contributed by atoms with Crippen molar-refractivity contribution in [3.8, 4) is 0 Å². The number of nitrogens with one attached hydrogen (secondary N) is 2. The smallest absolute Gasteiger partial charge is 0.246 e. The Morgan fingerprint density at radius 2 is 1.96 bits per heavy atom. The van der Waals surface area contributed by atoms with E-state index in [2.05, 4.69) is 26.6 Å². The Hall–Kier alpha value is -2.34. The summed E-state index contributed by atoms with van der Waals surface area (Å²) in [6.45, 7) is 4.12. The first-order chi connectivity index (χ1) is 11.9. The van der Waals surface area contributed by atoms with E-state index < -0.39 is 0 Å². The van der Waals surface area contributed by atoms with Crippen LogP contribution in [-0.4, -0.2) is 24.4 Å². The van der Waals surface area contributed by atoms with Crippen LogP contribution in [0.2, 0.25) is 0 Å². The van der Waals surface area contributed by atoms with Crippen LogP contribution in [0.1, 0.15) is 19.4 Å². The highest BCUT2D eigenvalue weighted by Crippen LogP contribution is 2.30. The highest BCUT2D eigenvalue weighted by molar-refractivity contribution is 9.10. The van der Waals surface area contributed by atoms with Gasteiger partial charge in [-0.2, -0.15) is 0 Å². The number of rotatable bonds is 4. The van der Waals surface area contributed by atoms with Crippen molar-refractivity contribution in [2.24, 2.45) is 0 Å². The van der Waals surface area contributed by atoms with Crippen LogP contribution in [0.15, 0.2) is 46.9 Å². The van der Waals surface area contributed by atoms with Gasteiger partial charge in [-0.25, -0.2) is 0 Å². The quantitative estimate of drug-likeness (QED) is 0.818. The number of carbonyl (C=O) groups is 2. The fourth-order valence-corrected chi connectivity index (χ4v) is 3.35. The maximum atomic E-state index is 12.4. The van der Waals surface area contributed by atoms with Gasteiger partial charge in [-0.15, -0.1) is 0 Å². The van der Waals surface area contributed by atoms with Crippen LogP contribution in [0.5, 0.6) is 0 Å². The third-order valence-corrected chi connectivity index (χ3v) is 4.72. The van der Waals surface area contributed by atoms with E-state index in [4.69, 9.17) is 0 Å². The molecule has 1 atom stereocenters. The third kappa shape index (κ3) is 4.02. The summed E-state index contributed by atoms with van der Waals surface area (Å²) in [4.78, 5) is 25.8. The van der Waals surface area contributed by atoms with Crippen LogP contribution < -0.4 is 15.5 Å². The molecule has 2 amide bonds. The van der Waals surface area contributed by atoms with Crippen molar-refractivity contribution < 1.29 is 9.59 Å². The summed E-state index contributed by atoms with van der Waals surface area (Å²) >= 11 is 3.39. The van der Waals surface area contributed by atoms with Gasteiger partial charge in [-0.1, -0.05) is 22.0 Å². The van der Waals surface area contributed by atoms with Gasteiger partial charge in [0.25, 0.3) is 0 Å². The lowest BCUT2D eigenvalue weighted by Crippen LogP contribution is -2.31. The van der Waals surface area contributed by atoms with Crippen LogP contribution in [-0.2, 0) is 16.0 Å². The standard InChI is InChI=1S/C19H20BrN3O2/c1-12(19(25)22-16-5-3-4-15(20)11-16)21-17-6-7-18-14(10-17)8-9-23(18)13(2)24/h3-7,10-12,21H,8-9H2,1-2H3,(H,22,25). The van der Waals surface area contributed by atoms with Gasteiger partial charge in [-0.3, -0.25) is 9.59 Å². The summed E-state index contributed by atoms with van der Waals surface area (Å²) < 4.78 is 0.916. The summed E-state index contributed by atoms with van der Waals surface area (Å²) in [7, 11) is 0. The molecule has 1 aliphatic rings. The second-order valence-corrected chi connectivity index (χ2v) is 7.05. The molecule has 2 N–H and O–H groups in total. The second-order valence-electron chi connectivity index (χ2n) is 6.13. The Labute approximate surface area is 155 Å². The van der Waals surface area contributed by atoms with Gasteiger partial charge in [0.1, 0.15) is 6.04 Å². The summed E-state index contributed by atoms with van der Waals surface area (Å²) in [5.41, 5.74) is 3.71. The van der Waals surface area contributed by atoms with Crippen molar-refractivity contribution in [1.29, 1.82) is 0 Å². The summed E-state index contributed by atoms with van der Waals surface area (Å²) in [5.74, 6) is -0.0508. The van der Waals surface area contributed by atoms with E-state index in [9.17, 15) is 9.59 Å². The van der Waals surface area contributed by atoms with Crippen LogP contribution in [0.4, 0.5) is 17.1 Å². The van der Waals surface area contributed by atoms with Crippen LogP contribution in [0.25, 0.3) is 0 Å². The molecule has 0 saturated carbocycles. The molecule has 5 nitrogen and oxygen atoms in total. The van der Waals surface area contributed by atoms with Gasteiger partial charge < -0.3 is 15.5 Å². The fraction of sp³-hybridized carbons (Fsp3) is 0.263. The van der Waals surface area contributed by atoms with Gasteiger partial charge in [0, 0.05) is 35.0 Å². The zero-order valence-corrected chi connectivity index (χ0v) is 15.8. The molecule has 1 aliphatic heterocycles. The number of carbonyl (C=O) groups excluding carboxylic acids is 2. The van der Waals surface area contributed by atoms with Crippen LogP contribution in [0.3, 0.4) is 0 Å². The predicted octanol–water partition coefficient (Wildman–Crippen LogP) is 3.80. The zero-order chi connectivity index (χ0) is 18.0. The number of hydrogen-bond donors (Lipinski definition) is 2. The molecule has 0 bridgehead atoms. The number of amides is 2. The first kappa shape index (κ1) is 17.5. The molecule has 2 aromatic carbocycles. The zero-order valence-electron chi connectivity index (χ0n) is 14.2. The number of halogens is 1. The molecule has 6 heteroatoms. The average molecular weight is 402 g/mol. The van der Waals surface area contributed by atoms with E-state index >= 15 is 0 Å². The van der Waals surface area contributed by atoms with Crippen LogP contribution >= 0.6 is 15.9 Å². The predicted molar refractivity (Wildman–Crippen MR) is 104 cm³/mol. The van der Waals surface area contributed by atoms with E-state index in [1.165, 1.54) is 0 Å². The lowest BCUT2D eigenvalue weighted by molar-refractivity contribution is -0.117. The fourth-order valence-electron chi connectivity index (χ4n) is 2.95. The van der Waals surface area contributed by atoms with Crippen molar-refractivity contribution in [1.82, 2.24) is 0 Å². The van der Waals surface area contributed by atoms with Crippen molar-refractivity contribution in [3.63, 3.8) is 0 Å². The molecule has 0 aromatic heterocycles. The van der Waals surface area contributed by atoms with Crippen LogP contribution in [0, 0.1) is 0 Å². The number of benzene rings is 2. The SMILES string of the molecule is CC(=O)N1CCc2cc(NC(C)C(=O)Nc3cccc(Br)c3)ccc21. The highest BCUT2D eigenvalue weighted by atomic mass is 79.9. The Bertz CT molecular complexity index is 822. The topological polar surface area (TPSA) is 61.4 Å². The molecule has 0 radical (unpaired) electrons. The molecular formula is C19H20BrN3O2. The van der Waals surface area contributed by atoms with Gasteiger partial charge in [0.05, 0.1) is 0 Å². The molecular weight excluding hydrogens is 382 g/mol. The minimum absolute atomic E-state index is 0.0567. The third-order valence-electron chi connectivity index (χ3n) is 4.22. The summed E-state index contributed by atoms with van der Waals surface area (Å²) in [6.07, 6.45) is 0.836. The van der Waals surface area contributed by atoms with Crippen molar-refractivity contribution in [3.05, 3.63) is 52.5 Å². The largest absolute Gasteiger partial charge is 0.374 e. The number of anilines is 3. The van der Waals surface area contributed by atoms with Gasteiger partial charge in [-0.05, 0) is 55.3 Å². The Morgan fingerprint density at radius 1 is 1.16 bits per heavy atom. The Balaban J connectivity index is 1.66. The van der Waals surface area contributed by atoms with E-state index in [0.29, 0.717) is 6.54 Å². The molecule has 0 aliphatic carbocycles. The summed E-state index contributed by atoms with van der Waals surface area (Å²) in [6, 6.07) is 13.0. The maximum absolute atomic E-state index is 12.4. The molecule has 130 valence electrons. The lowest BCUT2D eigenvalue weighted by Gasteiger charge is -2.18. The normalized spacial score (nSPS) is 14.0. The van der Waals surface area contributed by atoms with Gasteiger partial charge >= 0.3 is 0 Å². The first-order valence-corrected chi connectivity index (χ1v) is 8.97. The van der Waals surface area contributed by atoms with E-state index in [1.807, 2.05) is 49.4 Å². The number of hydrogen-bond acceptors (Lipinski definition) is 3. The average Bonchev–Trinajstić information content (AvgIpc) is 2.98. The lowest BCUT2D eigenvalue weighted by atomic mass is 10.1. The van der Waals surface area contributed by atoms with Crippen molar-refractivity contribution >= 4 is 44.8 Å². The number of fused-ring (bicyclic) bond motifs is 1. The molecule has 25 heavy (non-hydrogen) atoms. The maximum Gasteiger partial charge on any atom is 0.246 e.